The molecule has 2 aromatic rings. The number of carbonyl (C=O) groups excluding carboxylic acids is 3. The van der Waals surface area contributed by atoms with Crippen LogP contribution in [-0.2, 0) is 22.7 Å². The van der Waals surface area contributed by atoms with Crippen LogP contribution < -0.4 is 10.2 Å². The van der Waals surface area contributed by atoms with Crippen LogP contribution in [0.1, 0.15) is 40.7 Å². The summed E-state index contributed by atoms with van der Waals surface area (Å²) in [5.74, 6) is -3.81. The van der Waals surface area contributed by atoms with Crippen LogP contribution in [0.25, 0.3) is 0 Å². The Morgan fingerprint density at radius 3 is 2.41 bits per heavy atom. The topological polar surface area (TPSA) is 76.2 Å². The number of benzene rings is 2. The molecule has 1 N–H and O–H groups in total. The highest BCUT2D eigenvalue weighted by molar-refractivity contribution is 6.05. The molecule has 3 amide bonds. The van der Waals surface area contributed by atoms with Gasteiger partial charge in [0.2, 0.25) is 11.8 Å². The average Bonchev–Trinajstić information content (AvgIpc) is 3.24. The Bertz CT molecular complexity index is 1260. The van der Waals surface area contributed by atoms with E-state index in [2.05, 4.69) is 22.3 Å². The van der Waals surface area contributed by atoms with Gasteiger partial charge in [-0.3, -0.25) is 29.5 Å². The number of rotatable bonds is 5. The number of nitrogens with one attached hydrogen (secondary N) is 1. The predicted molar refractivity (Wildman–Crippen MR) is 141 cm³/mol. The van der Waals surface area contributed by atoms with Crippen molar-refractivity contribution in [2.24, 2.45) is 0 Å². The van der Waals surface area contributed by atoms with Gasteiger partial charge in [-0.2, -0.15) is 0 Å². The number of halogens is 2. The quantitative estimate of drug-likeness (QED) is 0.591. The van der Waals surface area contributed by atoms with Crippen molar-refractivity contribution in [3.63, 3.8) is 0 Å². The maximum absolute atomic E-state index is 15.4. The van der Waals surface area contributed by atoms with E-state index in [0.29, 0.717) is 44.6 Å². The maximum atomic E-state index is 15.4. The van der Waals surface area contributed by atoms with Crippen LogP contribution in [0, 0.1) is 0 Å². The Kier molecular flexibility index (Phi) is 6.84. The first-order valence-corrected chi connectivity index (χ1v) is 13.7. The molecule has 10 heteroatoms. The third-order valence-electron chi connectivity index (χ3n) is 8.51. The fourth-order valence-corrected chi connectivity index (χ4v) is 6.50. The number of nitrogens with zero attached hydrogens (tertiary/aromatic N) is 4. The van der Waals surface area contributed by atoms with Crippen molar-refractivity contribution < 1.29 is 23.2 Å². The zero-order valence-corrected chi connectivity index (χ0v) is 21.8. The van der Waals surface area contributed by atoms with E-state index in [1.165, 1.54) is 4.90 Å². The van der Waals surface area contributed by atoms with Gasteiger partial charge >= 0.3 is 0 Å². The Morgan fingerprint density at radius 1 is 0.923 bits per heavy atom. The van der Waals surface area contributed by atoms with Gasteiger partial charge in [0, 0.05) is 63.5 Å². The van der Waals surface area contributed by atoms with E-state index in [1.807, 2.05) is 35.2 Å². The second-order valence-corrected chi connectivity index (χ2v) is 11.0. The number of alkyl halides is 2. The van der Waals surface area contributed by atoms with Gasteiger partial charge in [-0.15, -0.1) is 0 Å². The molecule has 4 aliphatic heterocycles. The first kappa shape index (κ1) is 25.9. The summed E-state index contributed by atoms with van der Waals surface area (Å²) in [6, 6.07) is 14.1. The van der Waals surface area contributed by atoms with Crippen LogP contribution in [0.2, 0.25) is 0 Å². The maximum Gasteiger partial charge on any atom is 0.275 e. The summed E-state index contributed by atoms with van der Waals surface area (Å²) in [7, 11) is 0. The minimum Gasteiger partial charge on any atom is -0.369 e. The number of carbonyl (C=O) groups is 3. The average molecular weight is 538 g/mol. The third kappa shape index (κ3) is 5.15. The molecule has 0 saturated carbocycles. The molecule has 0 bridgehead atoms. The summed E-state index contributed by atoms with van der Waals surface area (Å²) in [4.78, 5) is 44.2. The first-order valence-electron chi connectivity index (χ1n) is 13.7. The van der Waals surface area contributed by atoms with E-state index >= 15 is 8.78 Å². The van der Waals surface area contributed by atoms with Crippen molar-refractivity contribution in [1.82, 2.24) is 20.0 Å². The normalized spacial score (nSPS) is 26.1. The highest BCUT2D eigenvalue weighted by Crippen LogP contribution is 2.34. The van der Waals surface area contributed by atoms with Crippen LogP contribution in [0.5, 0.6) is 0 Å². The van der Waals surface area contributed by atoms with E-state index < -0.39 is 23.9 Å². The molecule has 0 spiro atoms. The van der Waals surface area contributed by atoms with Gasteiger partial charge in [-0.1, -0.05) is 30.3 Å². The number of piperazine rings is 1. The van der Waals surface area contributed by atoms with E-state index in [9.17, 15) is 14.4 Å². The molecular weight excluding hydrogens is 504 g/mol. The Balaban J connectivity index is 1.06. The number of anilines is 1. The lowest BCUT2D eigenvalue weighted by atomic mass is 9.97. The van der Waals surface area contributed by atoms with Crippen LogP contribution in [-0.4, -0.2) is 89.7 Å². The van der Waals surface area contributed by atoms with Crippen molar-refractivity contribution in [3.05, 3.63) is 65.2 Å². The summed E-state index contributed by atoms with van der Waals surface area (Å²) in [6.07, 6.45) is 0.919. The smallest absolute Gasteiger partial charge is 0.275 e. The van der Waals surface area contributed by atoms with Gasteiger partial charge in [0.1, 0.15) is 6.04 Å². The van der Waals surface area contributed by atoms with Crippen molar-refractivity contribution >= 4 is 23.4 Å². The lowest BCUT2D eigenvalue weighted by Gasteiger charge is -2.46. The fraction of sp³-hybridized carbons (Fsp3) is 0.483. The molecule has 3 saturated heterocycles. The highest BCUT2D eigenvalue weighted by Gasteiger charge is 2.48. The van der Waals surface area contributed by atoms with Crippen molar-refractivity contribution in [2.75, 3.05) is 44.2 Å². The van der Waals surface area contributed by atoms with E-state index in [0.717, 1.165) is 29.9 Å². The monoisotopic (exact) mass is 537 g/mol. The molecule has 3 fully saturated rings. The molecule has 2 atom stereocenters. The number of imide groups is 1. The molecule has 4 aliphatic rings. The SMILES string of the molecule is O=C1CCC(N2Cc3cc(CN4CCC(N5CCN(c6ccccc6)CC5)C(F)(F)C4)ccc3C2=O)C(=O)N1. The molecule has 2 unspecified atom stereocenters. The van der Waals surface area contributed by atoms with Crippen molar-refractivity contribution in [2.45, 2.75) is 50.4 Å². The lowest BCUT2D eigenvalue weighted by molar-refractivity contribution is -0.137. The first-order chi connectivity index (χ1) is 18.8. The van der Waals surface area contributed by atoms with Gasteiger partial charge in [0.25, 0.3) is 11.8 Å². The van der Waals surface area contributed by atoms with Gasteiger partial charge in [-0.25, -0.2) is 8.78 Å². The molecule has 0 aromatic heterocycles. The van der Waals surface area contributed by atoms with Gasteiger partial charge in [-0.05, 0) is 42.2 Å². The molecule has 2 aromatic carbocycles. The summed E-state index contributed by atoms with van der Waals surface area (Å²) < 4.78 is 30.8. The third-order valence-corrected chi connectivity index (χ3v) is 8.51. The standard InChI is InChI=1S/C29H33F2N5O3/c30-29(31)19-33(11-10-25(29)35-14-12-34(13-15-35)22-4-2-1-3-5-22)17-20-6-7-23-21(16-20)18-36(28(23)39)24-8-9-26(37)32-27(24)38/h1-7,16,24-25H,8-15,17-19H2,(H,32,37,38). The Labute approximate surface area is 226 Å². The number of hydrogen-bond donors (Lipinski definition) is 1. The summed E-state index contributed by atoms with van der Waals surface area (Å²) in [6.45, 7) is 3.67. The largest absolute Gasteiger partial charge is 0.369 e. The minimum absolute atomic E-state index is 0.203. The number of likely N-dealkylation sites (tertiary alicyclic amines) is 1. The second kappa shape index (κ2) is 10.3. The molecule has 6 rings (SSSR count). The molecule has 0 radical (unpaired) electrons. The number of hydrogen-bond acceptors (Lipinski definition) is 6. The lowest BCUT2D eigenvalue weighted by Crippen LogP contribution is -2.61. The van der Waals surface area contributed by atoms with Gasteiger partial charge < -0.3 is 9.80 Å². The fourth-order valence-electron chi connectivity index (χ4n) is 6.50. The van der Waals surface area contributed by atoms with Crippen LogP contribution in [0.4, 0.5) is 14.5 Å². The zero-order chi connectivity index (χ0) is 27.1. The zero-order valence-electron chi connectivity index (χ0n) is 21.8. The molecule has 4 heterocycles. The van der Waals surface area contributed by atoms with Crippen LogP contribution >= 0.6 is 0 Å². The summed E-state index contributed by atoms with van der Waals surface area (Å²) in [5.41, 5.74) is 3.33. The minimum atomic E-state index is -2.82. The summed E-state index contributed by atoms with van der Waals surface area (Å²) >= 11 is 0. The van der Waals surface area contributed by atoms with E-state index in [-0.39, 0.29) is 31.3 Å². The van der Waals surface area contributed by atoms with Gasteiger partial charge in [0.05, 0.1) is 12.6 Å². The molecular formula is C29H33F2N5O3. The highest BCUT2D eigenvalue weighted by atomic mass is 19.3. The summed E-state index contributed by atoms with van der Waals surface area (Å²) in [5, 5.41) is 2.31. The number of fused-ring (bicyclic) bond motifs is 1. The number of amides is 3. The Hall–Kier alpha value is -3.37. The molecule has 8 nitrogen and oxygen atoms in total. The number of para-hydroxylation sites is 1. The van der Waals surface area contributed by atoms with Crippen LogP contribution in [0.15, 0.2) is 48.5 Å². The van der Waals surface area contributed by atoms with Gasteiger partial charge in [0.15, 0.2) is 0 Å². The van der Waals surface area contributed by atoms with Crippen LogP contribution in [0.3, 0.4) is 0 Å². The predicted octanol–water partition coefficient (Wildman–Crippen LogP) is 2.48. The van der Waals surface area contributed by atoms with E-state index in [4.69, 9.17) is 0 Å². The van der Waals surface area contributed by atoms with Crippen molar-refractivity contribution in [1.29, 1.82) is 0 Å². The molecule has 39 heavy (non-hydrogen) atoms. The van der Waals surface area contributed by atoms with Crippen molar-refractivity contribution in [3.8, 4) is 0 Å². The Morgan fingerprint density at radius 2 is 1.69 bits per heavy atom. The second-order valence-electron chi connectivity index (χ2n) is 11.0. The molecule has 206 valence electrons. The molecule has 0 aliphatic carbocycles. The number of piperidine rings is 2. The van der Waals surface area contributed by atoms with E-state index in [1.54, 1.807) is 11.0 Å².